The number of halogens is 3. The van der Waals surface area contributed by atoms with Gasteiger partial charge in [-0.1, -0.05) is 12.8 Å². The van der Waals surface area contributed by atoms with E-state index in [9.17, 15) is 18.0 Å². The number of terminal acetylenes is 1. The van der Waals surface area contributed by atoms with Crippen molar-refractivity contribution >= 4 is 5.91 Å². The molecule has 1 N–H and O–H groups in total. The van der Waals surface area contributed by atoms with Crippen molar-refractivity contribution in [3.05, 3.63) is 0 Å². The van der Waals surface area contributed by atoms with Gasteiger partial charge in [-0.2, -0.15) is 13.2 Å². The zero-order chi connectivity index (χ0) is 11.9. The molecule has 15 heavy (non-hydrogen) atoms. The molecule has 1 amide bonds. The molecule has 0 aliphatic rings. The topological polar surface area (TPSA) is 38.3 Å². The molecular weight excluding hydrogens is 211 g/mol. The Balaban J connectivity index is 3.72. The summed E-state index contributed by atoms with van der Waals surface area (Å²) >= 11 is 0. The summed E-state index contributed by atoms with van der Waals surface area (Å²) in [4.78, 5) is 11.0. The third kappa shape index (κ3) is 7.82. The Morgan fingerprint density at radius 1 is 1.60 bits per heavy atom. The summed E-state index contributed by atoms with van der Waals surface area (Å²) < 4.78 is 39.0. The molecule has 0 fully saturated rings. The van der Waals surface area contributed by atoms with Gasteiger partial charge >= 0.3 is 6.18 Å². The third-order valence-corrected chi connectivity index (χ3v) is 1.44. The number of amides is 1. The second kappa shape index (κ2) is 6.30. The van der Waals surface area contributed by atoms with Gasteiger partial charge in [0.1, 0.15) is 13.2 Å². The van der Waals surface area contributed by atoms with Gasteiger partial charge in [0, 0.05) is 0 Å². The van der Waals surface area contributed by atoms with E-state index in [0.29, 0.717) is 6.42 Å². The monoisotopic (exact) mass is 223 g/mol. The van der Waals surface area contributed by atoms with Gasteiger partial charge in [-0.25, -0.2) is 0 Å². The summed E-state index contributed by atoms with van der Waals surface area (Å²) in [5.41, 5.74) is 0. The van der Waals surface area contributed by atoms with Crippen molar-refractivity contribution < 1.29 is 22.7 Å². The van der Waals surface area contributed by atoms with Gasteiger partial charge in [-0.05, 0) is 6.42 Å². The fraction of sp³-hybridized carbons (Fsp3) is 0.667. The minimum Gasteiger partial charge on any atom is -0.362 e. The van der Waals surface area contributed by atoms with Gasteiger partial charge in [-0.15, -0.1) is 6.42 Å². The average Bonchev–Trinajstić information content (AvgIpc) is 2.12. The first-order valence-corrected chi connectivity index (χ1v) is 4.29. The number of nitrogens with one attached hydrogen (secondary N) is 1. The van der Waals surface area contributed by atoms with Crippen LogP contribution in [0.4, 0.5) is 13.2 Å². The van der Waals surface area contributed by atoms with E-state index in [-0.39, 0.29) is 0 Å². The number of rotatable bonds is 5. The highest BCUT2D eigenvalue weighted by Gasteiger charge is 2.27. The molecule has 0 saturated heterocycles. The Bertz CT molecular complexity index is 245. The van der Waals surface area contributed by atoms with Crippen LogP contribution in [0.25, 0.3) is 0 Å². The van der Waals surface area contributed by atoms with E-state index in [0.717, 1.165) is 0 Å². The van der Waals surface area contributed by atoms with Gasteiger partial charge in [0.05, 0.1) is 6.04 Å². The molecule has 0 aliphatic heterocycles. The van der Waals surface area contributed by atoms with Gasteiger partial charge in [0.25, 0.3) is 0 Å². The van der Waals surface area contributed by atoms with E-state index in [4.69, 9.17) is 6.42 Å². The molecule has 0 heterocycles. The minimum atomic E-state index is -4.42. The van der Waals surface area contributed by atoms with E-state index in [1.54, 1.807) is 6.92 Å². The van der Waals surface area contributed by atoms with Crippen LogP contribution in [-0.4, -0.2) is 31.3 Å². The highest BCUT2D eigenvalue weighted by Crippen LogP contribution is 2.13. The lowest BCUT2D eigenvalue weighted by molar-refractivity contribution is -0.175. The van der Waals surface area contributed by atoms with E-state index < -0.39 is 31.3 Å². The van der Waals surface area contributed by atoms with Crippen molar-refractivity contribution in [2.75, 3.05) is 13.2 Å². The van der Waals surface area contributed by atoms with Crippen LogP contribution in [0.15, 0.2) is 0 Å². The maximum atomic E-state index is 11.6. The maximum absolute atomic E-state index is 11.6. The van der Waals surface area contributed by atoms with Crippen LogP contribution >= 0.6 is 0 Å². The first-order valence-electron chi connectivity index (χ1n) is 4.29. The van der Waals surface area contributed by atoms with Crippen molar-refractivity contribution in [3.8, 4) is 12.3 Å². The Morgan fingerprint density at radius 2 is 2.20 bits per heavy atom. The molecule has 6 heteroatoms. The normalized spacial score (nSPS) is 13.0. The third-order valence-electron chi connectivity index (χ3n) is 1.44. The van der Waals surface area contributed by atoms with Crippen LogP contribution in [-0.2, 0) is 9.53 Å². The molecule has 0 aromatic carbocycles. The van der Waals surface area contributed by atoms with E-state index in [1.807, 2.05) is 0 Å². The predicted molar refractivity (Wildman–Crippen MR) is 47.9 cm³/mol. The summed E-state index contributed by atoms with van der Waals surface area (Å²) in [6, 6.07) is -0.466. The Kier molecular flexibility index (Phi) is 5.79. The van der Waals surface area contributed by atoms with Crippen LogP contribution < -0.4 is 5.32 Å². The van der Waals surface area contributed by atoms with Crippen LogP contribution in [0.3, 0.4) is 0 Å². The standard InChI is InChI=1S/C9H12F3NO2/c1-3-7(4-2)13-8(14)5-15-6-9(10,11)12/h1,7H,4-6H2,2H3,(H,13,14). The van der Waals surface area contributed by atoms with Crippen LogP contribution in [0.1, 0.15) is 13.3 Å². The Hall–Kier alpha value is -1.22. The molecule has 1 unspecified atom stereocenters. The summed E-state index contributed by atoms with van der Waals surface area (Å²) in [5, 5.41) is 2.34. The fourth-order valence-electron chi connectivity index (χ4n) is 0.757. The SMILES string of the molecule is C#CC(CC)NC(=O)COCC(F)(F)F. The molecule has 0 saturated carbocycles. The van der Waals surface area contributed by atoms with E-state index in [2.05, 4.69) is 16.0 Å². The van der Waals surface area contributed by atoms with Crippen molar-refractivity contribution in [2.45, 2.75) is 25.6 Å². The molecular formula is C9H12F3NO2. The summed E-state index contributed by atoms with van der Waals surface area (Å²) in [6.07, 6.45) is 1.14. The quantitative estimate of drug-likeness (QED) is 0.708. The van der Waals surface area contributed by atoms with E-state index >= 15 is 0 Å². The number of alkyl halides is 3. The summed E-state index contributed by atoms with van der Waals surface area (Å²) in [5.74, 6) is 1.63. The molecule has 0 aliphatic carbocycles. The second-order valence-corrected chi connectivity index (χ2v) is 2.80. The number of carbonyl (C=O) groups is 1. The average molecular weight is 223 g/mol. The molecule has 0 aromatic rings. The smallest absolute Gasteiger partial charge is 0.362 e. The second-order valence-electron chi connectivity index (χ2n) is 2.80. The lowest BCUT2D eigenvalue weighted by atomic mass is 10.2. The molecule has 3 nitrogen and oxygen atoms in total. The number of carbonyl (C=O) groups excluding carboxylic acids is 1. The molecule has 0 spiro atoms. The van der Waals surface area contributed by atoms with Gasteiger partial charge in [0.2, 0.25) is 5.91 Å². The molecule has 0 radical (unpaired) electrons. The first-order chi connectivity index (χ1) is 6.89. The highest BCUT2D eigenvalue weighted by atomic mass is 19.4. The van der Waals surface area contributed by atoms with Crippen molar-refractivity contribution in [1.82, 2.24) is 5.32 Å². The van der Waals surface area contributed by atoms with Gasteiger partial charge < -0.3 is 10.1 Å². The first kappa shape index (κ1) is 13.8. The predicted octanol–water partition coefficient (Wildman–Crippen LogP) is 1.09. The molecule has 0 aromatic heterocycles. The van der Waals surface area contributed by atoms with Crippen LogP contribution in [0.5, 0.6) is 0 Å². The van der Waals surface area contributed by atoms with E-state index in [1.165, 1.54) is 0 Å². The lowest BCUT2D eigenvalue weighted by Crippen LogP contribution is -2.36. The van der Waals surface area contributed by atoms with Gasteiger partial charge in [0.15, 0.2) is 0 Å². The molecule has 0 bridgehead atoms. The molecule has 0 rings (SSSR count). The minimum absolute atomic E-state index is 0.466. The molecule has 1 atom stereocenters. The summed E-state index contributed by atoms with van der Waals surface area (Å²) in [6.45, 7) is -0.327. The van der Waals surface area contributed by atoms with Crippen molar-refractivity contribution in [3.63, 3.8) is 0 Å². The zero-order valence-corrected chi connectivity index (χ0v) is 8.23. The zero-order valence-electron chi connectivity index (χ0n) is 8.23. The Morgan fingerprint density at radius 3 is 2.60 bits per heavy atom. The number of ether oxygens (including phenoxy) is 1. The molecule has 86 valence electrons. The fourth-order valence-corrected chi connectivity index (χ4v) is 0.757. The van der Waals surface area contributed by atoms with Gasteiger partial charge in [-0.3, -0.25) is 4.79 Å². The van der Waals surface area contributed by atoms with Crippen molar-refractivity contribution in [2.24, 2.45) is 0 Å². The lowest BCUT2D eigenvalue weighted by Gasteiger charge is -2.11. The van der Waals surface area contributed by atoms with Crippen LogP contribution in [0, 0.1) is 12.3 Å². The number of hydrogen-bond acceptors (Lipinski definition) is 2. The Labute approximate surface area is 86.0 Å². The van der Waals surface area contributed by atoms with Crippen molar-refractivity contribution in [1.29, 1.82) is 0 Å². The maximum Gasteiger partial charge on any atom is 0.411 e. The number of hydrogen-bond donors (Lipinski definition) is 1. The summed E-state index contributed by atoms with van der Waals surface area (Å²) in [7, 11) is 0. The largest absolute Gasteiger partial charge is 0.411 e. The van der Waals surface area contributed by atoms with Crippen LogP contribution in [0.2, 0.25) is 0 Å². The highest BCUT2D eigenvalue weighted by molar-refractivity contribution is 5.77.